The Kier molecular flexibility index (Phi) is 5.10. The highest BCUT2D eigenvalue weighted by Gasteiger charge is 2.64. The highest BCUT2D eigenvalue weighted by Crippen LogP contribution is 2.68. The molecule has 4 aliphatic rings. The highest BCUT2D eigenvalue weighted by atomic mass is 16.6. The molecule has 8 atom stereocenters. The summed E-state index contributed by atoms with van der Waals surface area (Å²) in [5.41, 5.74) is 0.146. The number of allylic oxidation sites excluding steroid dienone is 1. The first-order valence-electron chi connectivity index (χ1n) is 12.0. The van der Waals surface area contributed by atoms with E-state index in [1.54, 1.807) is 13.8 Å². The van der Waals surface area contributed by atoms with Gasteiger partial charge in [0.25, 0.3) is 0 Å². The molecule has 0 aromatic rings. The van der Waals surface area contributed by atoms with Crippen LogP contribution in [0.1, 0.15) is 86.5 Å². The molecule has 0 aromatic carbocycles. The van der Waals surface area contributed by atoms with Crippen molar-refractivity contribution >= 4 is 17.5 Å². The van der Waals surface area contributed by atoms with Gasteiger partial charge in [-0.3, -0.25) is 14.4 Å². The van der Waals surface area contributed by atoms with Crippen LogP contribution < -0.4 is 0 Å². The molecule has 2 unspecified atom stereocenters. The molecule has 0 N–H and O–H groups in total. The molecule has 4 nitrogen and oxygen atoms in total. The van der Waals surface area contributed by atoms with Crippen molar-refractivity contribution in [2.24, 2.45) is 40.4 Å². The fourth-order valence-corrected chi connectivity index (χ4v) is 8.29. The second kappa shape index (κ2) is 7.03. The van der Waals surface area contributed by atoms with Gasteiger partial charge in [-0.25, -0.2) is 0 Å². The maximum atomic E-state index is 13.1. The van der Waals surface area contributed by atoms with Crippen molar-refractivity contribution in [3.05, 3.63) is 11.6 Å². The Balaban J connectivity index is 1.71. The molecule has 4 aliphatic carbocycles. The smallest absolute Gasteiger partial charge is 0.306 e. The molecule has 166 valence electrons. The van der Waals surface area contributed by atoms with Crippen LogP contribution in [0.5, 0.6) is 0 Å². The van der Waals surface area contributed by atoms with E-state index in [0.717, 1.165) is 38.5 Å². The van der Waals surface area contributed by atoms with Crippen molar-refractivity contribution in [1.29, 1.82) is 0 Å². The van der Waals surface area contributed by atoms with Gasteiger partial charge in [-0.15, -0.1) is 0 Å². The van der Waals surface area contributed by atoms with Crippen LogP contribution in [0.4, 0.5) is 0 Å². The van der Waals surface area contributed by atoms with Gasteiger partial charge in [-0.2, -0.15) is 0 Å². The van der Waals surface area contributed by atoms with Crippen molar-refractivity contribution in [1.82, 2.24) is 0 Å². The third-order valence-electron chi connectivity index (χ3n) is 10.3. The maximum absolute atomic E-state index is 13.1. The lowest BCUT2D eigenvalue weighted by atomic mass is 9.43. The van der Waals surface area contributed by atoms with Crippen LogP contribution in [-0.4, -0.2) is 23.1 Å². The lowest BCUT2D eigenvalue weighted by Gasteiger charge is -2.61. The average Bonchev–Trinajstić information content (AvgIpc) is 3.05. The maximum Gasteiger partial charge on any atom is 0.306 e. The van der Waals surface area contributed by atoms with Crippen molar-refractivity contribution < 1.29 is 19.1 Å². The van der Waals surface area contributed by atoms with Gasteiger partial charge in [0.15, 0.2) is 11.4 Å². The monoisotopic (exact) mass is 414 g/mol. The van der Waals surface area contributed by atoms with Gasteiger partial charge in [0.05, 0.1) is 0 Å². The number of carbonyl (C=O) groups is 3. The molecule has 4 rings (SSSR count). The molecule has 0 spiro atoms. The first kappa shape index (κ1) is 21.8. The van der Waals surface area contributed by atoms with E-state index >= 15 is 0 Å². The van der Waals surface area contributed by atoms with Gasteiger partial charge < -0.3 is 4.74 Å². The number of rotatable bonds is 3. The third-order valence-corrected chi connectivity index (χ3v) is 10.3. The van der Waals surface area contributed by atoms with E-state index in [0.29, 0.717) is 23.5 Å². The fourth-order valence-electron chi connectivity index (χ4n) is 8.29. The summed E-state index contributed by atoms with van der Waals surface area (Å²) in [6.45, 7) is 12.2. The fraction of sp³-hybridized carbons (Fsp3) is 0.808. The molecule has 0 saturated heterocycles. The van der Waals surface area contributed by atoms with Crippen molar-refractivity contribution in [2.45, 2.75) is 92.1 Å². The summed E-state index contributed by atoms with van der Waals surface area (Å²) in [5, 5.41) is 0. The highest BCUT2D eigenvalue weighted by molar-refractivity contribution is 6.00. The topological polar surface area (TPSA) is 60.4 Å². The Hall–Kier alpha value is -1.45. The Morgan fingerprint density at radius 2 is 1.80 bits per heavy atom. The minimum Gasteiger partial charge on any atom is -0.451 e. The Labute approximate surface area is 181 Å². The summed E-state index contributed by atoms with van der Waals surface area (Å²) in [4.78, 5) is 37.7. The van der Waals surface area contributed by atoms with Gasteiger partial charge in [0.1, 0.15) is 5.78 Å². The van der Waals surface area contributed by atoms with E-state index in [4.69, 9.17) is 4.74 Å². The number of Topliss-reactive ketones (excluding diaryl/α,β-unsaturated/α-hetero) is 1. The van der Waals surface area contributed by atoms with Crippen LogP contribution in [0, 0.1) is 40.4 Å². The molecule has 0 heterocycles. The third kappa shape index (κ3) is 2.74. The predicted molar refractivity (Wildman–Crippen MR) is 116 cm³/mol. The molecule has 0 aliphatic heterocycles. The molecule has 3 fully saturated rings. The van der Waals surface area contributed by atoms with Crippen LogP contribution in [0.25, 0.3) is 0 Å². The summed E-state index contributed by atoms with van der Waals surface area (Å²) in [7, 11) is 0. The molecule has 0 aromatic heterocycles. The zero-order chi connectivity index (χ0) is 22.1. The largest absolute Gasteiger partial charge is 0.451 e. The van der Waals surface area contributed by atoms with Crippen LogP contribution in [-0.2, 0) is 19.1 Å². The number of hydrogen-bond acceptors (Lipinski definition) is 4. The van der Waals surface area contributed by atoms with Crippen LogP contribution in [0.2, 0.25) is 0 Å². The second-order valence-electron chi connectivity index (χ2n) is 11.2. The van der Waals surface area contributed by atoms with Crippen LogP contribution in [0.15, 0.2) is 11.6 Å². The Bertz CT molecular complexity index is 812. The molecule has 0 bridgehead atoms. The van der Waals surface area contributed by atoms with Crippen LogP contribution in [0.3, 0.4) is 0 Å². The first-order valence-corrected chi connectivity index (χ1v) is 12.0. The number of ketones is 2. The number of hydrogen-bond donors (Lipinski definition) is 0. The number of carbonyl (C=O) groups excluding carboxylic acids is 3. The standard InChI is InChI=1S/C26H38O4/c1-7-23(29)30-26(6)16(3)25(5)17(14-22(26)28)8-9-18-20-11-10-19(15(2)27)24(20,4)13-12-21(18)25/h14,16,18-21H,7-13H2,1-6H3/t16?,18-,19+,20-,21-,24+,25-,26?/m0/s1. The Morgan fingerprint density at radius 1 is 1.10 bits per heavy atom. The second-order valence-corrected chi connectivity index (χ2v) is 11.2. The molecular weight excluding hydrogens is 376 g/mol. The van der Waals surface area contributed by atoms with Gasteiger partial charge in [-0.1, -0.05) is 33.3 Å². The van der Waals surface area contributed by atoms with Gasteiger partial charge in [-0.05, 0) is 87.0 Å². The average molecular weight is 415 g/mol. The summed E-state index contributed by atoms with van der Waals surface area (Å²) in [6, 6.07) is 0. The number of fused-ring (bicyclic) bond motifs is 5. The normalized spacial score (nSPS) is 47.6. The summed E-state index contributed by atoms with van der Waals surface area (Å²) in [6.07, 6.45) is 8.50. The van der Waals surface area contributed by atoms with Crippen molar-refractivity contribution in [3.63, 3.8) is 0 Å². The quantitative estimate of drug-likeness (QED) is 0.589. The summed E-state index contributed by atoms with van der Waals surface area (Å²) < 4.78 is 5.82. The summed E-state index contributed by atoms with van der Waals surface area (Å²) >= 11 is 0. The van der Waals surface area contributed by atoms with E-state index in [1.807, 2.05) is 13.0 Å². The van der Waals surface area contributed by atoms with Gasteiger partial charge >= 0.3 is 5.97 Å². The molecule has 0 amide bonds. The molecular formula is C26H38O4. The minimum absolute atomic E-state index is 0.0547. The zero-order valence-corrected chi connectivity index (χ0v) is 19.5. The van der Waals surface area contributed by atoms with E-state index in [2.05, 4.69) is 20.8 Å². The van der Waals surface area contributed by atoms with E-state index in [-0.39, 0.29) is 40.8 Å². The van der Waals surface area contributed by atoms with E-state index in [1.165, 1.54) is 5.57 Å². The number of ether oxygens (including phenoxy) is 1. The zero-order valence-electron chi connectivity index (χ0n) is 19.5. The van der Waals surface area contributed by atoms with E-state index < -0.39 is 5.60 Å². The Morgan fingerprint density at radius 3 is 2.43 bits per heavy atom. The molecule has 30 heavy (non-hydrogen) atoms. The molecule has 4 heteroatoms. The molecule has 0 radical (unpaired) electrons. The lowest BCUT2D eigenvalue weighted by Crippen LogP contribution is -2.61. The summed E-state index contributed by atoms with van der Waals surface area (Å²) in [5.74, 6) is 1.78. The van der Waals surface area contributed by atoms with Gasteiger partial charge in [0.2, 0.25) is 0 Å². The van der Waals surface area contributed by atoms with Crippen molar-refractivity contribution in [2.75, 3.05) is 0 Å². The van der Waals surface area contributed by atoms with Crippen molar-refractivity contribution in [3.8, 4) is 0 Å². The number of esters is 1. The van der Waals surface area contributed by atoms with Gasteiger partial charge in [0, 0.05) is 18.3 Å². The minimum atomic E-state index is -1.09. The SMILES string of the molecule is CCC(=O)OC1(C)C(=O)C=C2CC[C@H]3[C@@H]4CC[C@H](C(C)=O)[C@@]4(C)CC[C@@H]3[C@@]2(C)C1C. The lowest BCUT2D eigenvalue weighted by molar-refractivity contribution is -0.181. The predicted octanol–water partition coefficient (Wildman–Crippen LogP) is 5.29. The first-order chi connectivity index (χ1) is 14.0. The van der Waals surface area contributed by atoms with E-state index in [9.17, 15) is 14.4 Å². The van der Waals surface area contributed by atoms with Crippen LogP contribution >= 0.6 is 0 Å². The molecule has 3 saturated carbocycles.